The minimum absolute atomic E-state index is 1.00. The third kappa shape index (κ3) is 4.86. The summed E-state index contributed by atoms with van der Waals surface area (Å²) in [6, 6.07) is 0. The van der Waals surface area contributed by atoms with Crippen molar-refractivity contribution in [2.75, 3.05) is 11.5 Å². The van der Waals surface area contributed by atoms with Crippen LogP contribution in [0.5, 0.6) is 0 Å². The van der Waals surface area contributed by atoms with E-state index in [0.29, 0.717) is 0 Å². The maximum Gasteiger partial charge on any atom is 0.0563 e. The van der Waals surface area contributed by atoms with Gasteiger partial charge in [-0.2, -0.15) is 23.5 Å². The summed E-state index contributed by atoms with van der Waals surface area (Å²) in [4.78, 5) is 0. The standard InChI is InChI=1S/C38H64S2Si/c1-23-19-31-33(29-17-9-13-25-11-5-7-15-27(25)29)21-39-35(31)37(23)41(3,4)38-24(2)20-32-34(22-40-36(32)38)30-18-10-14-26-12-6-8-16-28(26)30/h23-38H,5-22H2,1-4H3. The highest BCUT2D eigenvalue weighted by atomic mass is 32.2. The van der Waals surface area contributed by atoms with Gasteiger partial charge in [0.1, 0.15) is 0 Å². The smallest absolute Gasteiger partial charge is 0.0563 e. The molecule has 3 heteroatoms. The quantitative estimate of drug-likeness (QED) is 0.290. The molecule has 0 aromatic heterocycles. The van der Waals surface area contributed by atoms with Gasteiger partial charge in [0.2, 0.25) is 0 Å². The molecule has 0 nitrogen and oxygen atoms in total. The zero-order valence-electron chi connectivity index (χ0n) is 27.3. The number of rotatable bonds is 4. The summed E-state index contributed by atoms with van der Waals surface area (Å²) in [6.07, 6.45) is 25.2. The molecule has 16 unspecified atom stereocenters. The third-order valence-corrected chi connectivity index (χ3v) is 25.2. The Hall–Kier alpha value is 0.917. The minimum atomic E-state index is -1.40. The Kier molecular flexibility index (Phi) is 8.31. The highest BCUT2D eigenvalue weighted by Crippen LogP contribution is 2.68. The lowest BCUT2D eigenvalue weighted by atomic mass is 9.60. The summed E-state index contributed by atoms with van der Waals surface area (Å²) in [5, 5.41) is 2.07. The lowest BCUT2D eigenvalue weighted by molar-refractivity contribution is 0.0543. The van der Waals surface area contributed by atoms with E-state index in [0.717, 1.165) is 92.6 Å². The average molecular weight is 613 g/mol. The van der Waals surface area contributed by atoms with E-state index in [4.69, 9.17) is 0 Å². The molecular formula is C38H64S2Si. The van der Waals surface area contributed by atoms with Crippen molar-refractivity contribution < 1.29 is 0 Å². The van der Waals surface area contributed by atoms with E-state index in [9.17, 15) is 0 Å². The monoisotopic (exact) mass is 612 g/mol. The molecule has 2 heterocycles. The van der Waals surface area contributed by atoms with Crippen LogP contribution in [0.3, 0.4) is 0 Å². The van der Waals surface area contributed by atoms with Crippen LogP contribution < -0.4 is 0 Å². The number of thioether (sulfide) groups is 2. The van der Waals surface area contributed by atoms with Crippen LogP contribution in [0.15, 0.2) is 0 Å². The van der Waals surface area contributed by atoms with Gasteiger partial charge in [0.15, 0.2) is 0 Å². The molecule has 0 bridgehead atoms. The number of hydrogen-bond acceptors (Lipinski definition) is 2. The fraction of sp³-hybridized carbons (Fsp3) is 1.00. The summed E-state index contributed by atoms with van der Waals surface area (Å²) in [7, 11) is -1.40. The molecule has 0 spiro atoms. The second kappa shape index (κ2) is 11.6. The van der Waals surface area contributed by atoms with Crippen LogP contribution in [0, 0.1) is 71.0 Å². The average Bonchev–Trinajstić information content (AvgIpc) is 3.72. The zero-order chi connectivity index (χ0) is 27.9. The maximum absolute atomic E-state index is 2.96. The maximum atomic E-state index is 2.96. The van der Waals surface area contributed by atoms with Crippen molar-refractivity contribution in [2.24, 2.45) is 71.0 Å². The van der Waals surface area contributed by atoms with Gasteiger partial charge in [-0.15, -0.1) is 0 Å². The fourth-order valence-electron chi connectivity index (χ4n) is 15.0. The molecule has 0 aromatic rings. The Balaban J connectivity index is 0.997. The Labute approximate surface area is 264 Å². The van der Waals surface area contributed by atoms with Gasteiger partial charge in [-0.1, -0.05) is 91.1 Å². The lowest BCUT2D eigenvalue weighted by Gasteiger charge is -2.46. The van der Waals surface area contributed by atoms with Crippen LogP contribution in [-0.2, 0) is 0 Å². The van der Waals surface area contributed by atoms with E-state index in [1.165, 1.54) is 0 Å². The van der Waals surface area contributed by atoms with Crippen molar-refractivity contribution in [1.29, 1.82) is 0 Å². The summed E-state index contributed by atoms with van der Waals surface area (Å²) < 4.78 is 0. The number of fused-ring (bicyclic) bond motifs is 4. The van der Waals surface area contributed by atoms with Crippen molar-refractivity contribution in [3.8, 4) is 0 Å². The molecule has 2 saturated heterocycles. The predicted molar refractivity (Wildman–Crippen MR) is 185 cm³/mol. The largest absolute Gasteiger partial charge is 0.158 e. The van der Waals surface area contributed by atoms with Gasteiger partial charge in [0.05, 0.1) is 8.07 Å². The summed E-state index contributed by atoms with van der Waals surface area (Å²) in [6.45, 7) is 11.4. The first-order chi connectivity index (χ1) is 19.9. The second-order valence-corrected chi connectivity index (χ2v) is 25.6. The van der Waals surface area contributed by atoms with E-state index in [-0.39, 0.29) is 0 Å². The van der Waals surface area contributed by atoms with Crippen molar-refractivity contribution >= 4 is 31.6 Å². The first-order valence-corrected chi connectivity index (χ1v) is 24.4. The molecule has 41 heavy (non-hydrogen) atoms. The summed E-state index contributed by atoms with van der Waals surface area (Å²) in [5.41, 5.74) is 2.19. The molecule has 0 N–H and O–H groups in total. The Morgan fingerprint density at radius 3 is 1.29 bits per heavy atom. The molecular weight excluding hydrogens is 549 g/mol. The SMILES string of the molecule is CC1CC2C(C3CCCC4CCCCC43)CSC2C1[Si](C)(C)C1C(C)CC2C(C3CCCC4CCCCC43)CSC21. The van der Waals surface area contributed by atoms with E-state index in [1.54, 1.807) is 114 Å². The van der Waals surface area contributed by atoms with Gasteiger partial charge in [-0.05, 0) is 132 Å². The van der Waals surface area contributed by atoms with E-state index >= 15 is 0 Å². The molecule has 232 valence electrons. The number of hydrogen-bond donors (Lipinski definition) is 0. The van der Waals surface area contributed by atoms with Crippen molar-refractivity contribution in [1.82, 2.24) is 0 Å². The van der Waals surface area contributed by atoms with Gasteiger partial charge in [-0.3, -0.25) is 0 Å². The van der Waals surface area contributed by atoms with E-state index in [2.05, 4.69) is 50.5 Å². The molecule has 8 fully saturated rings. The van der Waals surface area contributed by atoms with Crippen LogP contribution in [0.25, 0.3) is 0 Å². The Morgan fingerprint density at radius 1 is 0.439 bits per heavy atom. The molecule has 6 saturated carbocycles. The topological polar surface area (TPSA) is 0 Å². The Bertz CT molecular complexity index is 857. The zero-order valence-corrected chi connectivity index (χ0v) is 29.9. The van der Waals surface area contributed by atoms with Gasteiger partial charge < -0.3 is 0 Å². The van der Waals surface area contributed by atoms with Crippen LogP contribution in [0.1, 0.15) is 117 Å². The molecule has 2 aliphatic heterocycles. The molecule has 8 rings (SSSR count). The van der Waals surface area contributed by atoms with Crippen molar-refractivity contribution in [3.05, 3.63) is 0 Å². The molecule has 6 aliphatic carbocycles. The first-order valence-electron chi connectivity index (χ1n) is 19.2. The highest BCUT2D eigenvalue weighted by Gasteiger charge is 2.63. The second-order valence-electron chi connectivity index (χ2n) is 18.2. The molecule has 8 aliphatic rings. The molecule has 0 aromatic carbocycles. The van der Waals surface area contributed by atoms with Gasteiger partial charge in [0.25, 0.3) is 0 Å². The normalized spacial score (nSPS) is 55.3. The first kappa shape index (κ1) is 29.3. The summed E-state index contributed by atoms with van der Waals surface area (Å²) >= 11 is 5.08. The van der Waals surface area contributed by atoms with E-state index < -0.39 is 8.07 Å². The van der Waals surface area contributed by atoms with Crippen molar-refractivity contribution in [2.45, 2.75) is 151 Å². The van der Waals surface area contributed by atoms with Crippen LogP contribution in [0.4, 0.5) is 0 Å². The van der Waals surface area contributed by atoms with Crippen LogP contribution in [-0.4, -0.2) is 30.1 Å². The Morgan fingerprint density at radius 2 is 0.829 bits per heavy atom. The summed E-state index contributed by atoms with van der Waals surface area (Å²) in [5.74, 6) is 16.1. The molecule has 16 atom stereocenters. The van der Waals surface area contributed by atoms with Gasteiger partial charge >= 0.3 is 0 Å². The predicted octanol–water partition coefficient (Wildman–Crippen LogP) is 11.4. The fourth-order valence-corrected chi connectivity index (χ4v) is 27.5. The van der Waals surface area contributed by atoms with Crippen molar-refractivity contribution in [3.63, 3.8) is 0 Å². The molecule has 0 radical (unpaired) electrons. The highest BCUT2D eigenvalue weighted by molar-refractivity contribution is 8.00. The van der Waals surface area contributed by atoms with Gasteiger partial charge in [-0.25, -0.2) is 0 Å². The van der Waals surface area contributed by atoms with Crippen LogP contribution >= 0.6 is 23.5 Å². The van der Waals surface area contributed by atoms with Crippen LogP contribution in [0.2, 0.25) is 24.2 Å². The lowest BCUT2D eigenvalue weighted by Crippen LogP contribution is -2.47. The minimum Gasteiger partial charge on any atom is -0.158 e. The molecule has 0 amide bonds. The van der Waals surface area contributed by atoms with Gasteiger partial charge in [0, 0.05) is 10.5 Å². The van der Waals surface area contributed by atoms with E-state index in [1.807, 2.05) is 0 Å². The third-order valence-electron chi connectivity index (χ3n) is 16.2.